The normalized spacial score (nSPS) is 38.2. The van der Waals surface area contributed by atoms with Crippen LogP contribution in [0.3, 0.4) is 0 Å². The first-order valence-electron chi connectivity index (χ1n) is 16.2. The lowest BCUT2D eigenvalue weighted by molar-refractivity contribution is -0.318. The molecule has 0 spiro atoms. The Hall–Kier alpha value is -3.67. The van der Waals surface area contributed by atoms with E-state index in [0.717, 1.165) is 6.07 Å². The number of ether oxygens (including phenoxy) is 6. The average Bonchev–Trinajstić information content (AvgIpc) is 3.11. The molecule has 19 nitrogen and oxygen atoms in total. The molecule has 3 fully saturated rings. The van der Waals surface area contributed by atoms with Crippen molar-refractivity contribution in [3.05, 3.63) is 46.6 Å². The van der Waals surface area contributed by atoms with Crippen LogP contribution in [0.4, 0.5) is 0 Å². The summed E-state index contributed by atoms with van der Waals surface area (Å²) in [4.78, 5) is 14.0. The Labute approximate surface area is 293 Å². The fraction of sp³-hybridized carbons (Fsp3) is 0.545. The molecule has 0 radical (unpaired) electrons. The van der Waals surface area contributed by atoms with Gasteiger partial charge in [-0.3, -0.25) is 4.79 Å². The van der Waals surface area contributed by atoms with Gasteiger partial charge in [0.1, 0.15) is 89.3 Å². The molecule has 4 heterocycles. The third-order valence-corrected chi connectivity index (χ3v) is 9.23. The summed E-state index contributed by atoms with van der Waals surface area (Å²) in [5, 5.41) is 114. The van der Waals surface area contributed by atoms with Crippen molar-refractivity contribution in [1.82, 2.24) is 0 Å². The summed E-state index contributed by atoms with van der Waals surface area (Å²) < 4.78 is 39.5. The largest absolute Gasteiger partial charge is 0.508 e. The minimum absolute atomic E-state index is 0.138. The number of rotatable bonds is 8. The van der Waals surface area contributed by atoms with E-state index in [9.17, 15) is 61.0 Å². The predicted molar refractivity (Wildman–Crippen MR) is 170 cm³/mol. The number of phenols is 2. The fourth-order valence-electron chi connectivity index (χ4n) is 6.09. The zero-order chi connectivity index (χ0) is 37.8. The minimum atomic E-state index is -1.98. The highest BCUT2D eigenvalue weighted by molar-refractivity contribution is 5.88. The van der Waals surface area contributed by atoms with E-state index in [0.29, 0.717) is 0 Å². The van der Waals surface area contributed by atoms with Crippen LogP contribution in [0.1, 0.15) is 13.8 Å². The maximum absolute atomic E-state index is 14.0. The van der Waals surface area contributed by atoms with Crippen LogP contribution in [0.2, 0.25) is 0 Å². The molecule has 3 aromatic rings. The summed E-state index contributed by atoms with van der Waals surface area (Å²) in [6, 6.07) is 7.38. The molecule has 11 N–H and O–H groups in total. The van der Waals surface area contributed by atoms with Crippen LogP contribution in [-0.2, 0) is 18.9 Å². The van der Waals surface area contributed by atoms with Gasteiger partial charge in [0.2, 0.25) is 23.8 Å². The van der Waals surface area contributed by atoms with E-state index in [-0.39, 0.29) is 28.4 Å². The van der Waals surface area contributed by atoms with Crippen molar-refractivity contribution in [2.75, 3.05) is 6.61 Å². The standard InChI is InChI=1S/C33H40O19/c1-10-19(36)23(40)26(43)31(47-10)46-9-17-21(38)25(42)28(45)33(51-17)52-30-22(39)18-15(35)7-14(49-32-27(44)24(41)20(37)11(2)48-32)8-16(18)50-29(30)12-3-5-13(34)6-4-12/h3-8,10-11,17,19-21,23-28,31-38,40-45H,9H2,1-2H3/t10-,11-,17+,19-,20-,21-,23+,24+,25-,26+,27+,28+,31+,32+,33-/m0/s1. The number of hydrogen-bond donors (Lipinski definition) is 11. The Morgan fingerprint density at radius 1 is 0.635 bits per heavy atom. The molecular formula is C33H40O19. The lowest BCUT2D eigenvalue weighted by Crippen LogP contribution is -2.61. The van der Waals surface area contributed by atoms with E-state index in [1.165, 1.54) is 44.2 Å². The lowest BCUT2D eigenvalue weighted by atomic mass is 9.98. The molecule has 0 unspecified atom stereocenters. The van der Waals surface area contributed by atoms with Crippen molar-refractivity contribution in [3.8, 4) is 34.3 Å². The minimum Gasteiger partial charge on any atom is -0.508 e. The van der Waals surface area contributed by atoms with Crippen LogP contribution < -0.4 is 14.9 Å². The molecule has 286 valence electrons. The summed E-state index contributed by atoms with van der Waals surface area (Å²) in [6.45, 7) is 2.25. The summed E-state index contributed by atoms with van der Waals surface area (Å²) in [5.41, 5.74) is -1.16. The molecule has 3 aliphatic heterocycles. The van der Waals surface area contributed by atoms with Crippen LogP contribution in [0.5, 0.6) is 23.0 Å². The third-order valence-electron chi connectivity index (χ3n) is 9.23. The van der Waals surface area contributed by atoms with Crippen molar-refractivity contribution in [2.45, 2.75) is 106 Å². The Balaban J connectivity index is 1.32. The van der Waals surface area contributed by atoms with Gasteiger partial charge in [0, 0.05) is 17.7 Å². The summed E-state index contributed by atoms with van der Waals surface area (Å²) in [5.74, 6) is -2.01. The van der Waals surface area contributed by atoms with Crippen molar-refractivity contribution in [3.63, 3.8) is 0 Å². The Bertz CT molecular complexity index is 1770. The van der Waals surface area contributed by atoms with E-state index >= 15 is 0 Å². The van der Waals surface area contributed by atoms with E-state index in [1.54, 1.807) is 0 Å². The van der Waals surface area contributed by atoms with Crippen LogP contribution in [0, 0.1) is 0 Å². The van der Waals surface area contributed by atoms with Crippen LogP contribution in [0.15, 0.2) is 45.6 Å². The van der Waals surface area contributed by atoms with Crippen molar-refractivity contribution in [1.29, 1.82) is 0 Å². The molecule has 0 amide bonds. The second-order valence-corrected chi connectivity index (χ2v) is 12.9. The highest BCUT2D eigenvalue weighted by Crippen LogP contribution is 2.38. The van der Waals surface area contributed by atoms with Gasteiger partial charge in [0.15, 0.2) is 12.1 Å². The molecule has 15 atom stereocenters. The van der Waals surface area contributed by atoms with Gasteiger partial charge in [0.25, 0.3) is 0 Å². The smallest absolute Gasteiger partial charge is 0.239 e. The number of benzene rings is 2. The molecule has 0 aliphatic carbocycles. The van der Waals surface area contributed by atoms with Gasteiger partial charge in [-0.15, -0.1) is 0 Å². The molecule has 1 aromatic heterocycles. The fourth-order valence-corrected chi connectivity index (χ4v) is 6.09. The number of aromatic hydroxyl groups is 2. The van der Waals surface area contributed by atoms with Crippen molar-refractivity contribution >= 4 is 11.0 Å². The molecule has 0 bridgehead atoms. The average molecular weight is 741 g/mol. The number of fused-ring (bicyclic) bond motifs is 1. The van der Waals surface area contributed by atoms with Gasteiger partial charge in [-0.2, -0.15) is 0 Å². The number of hydrogen-bond acceptors (Lipinski definition) is 19. The van der Waals surface area contributed by atoms with E-state index in [4.69, 9.17) is 32.8 Å². The first kappa shape index (κ1) is 38.1. The molecule has 6 rings (SSSR count). The number of aliphatic hydroxyl groups excluding tert-OH is 9. The van der Waals surface area contributed by atoms with Crippen molar-refractivity contribution < 1.29 is 89.0 Å². The molecule has 3 saturated heterocycles. The number of phenolic OH excluding ortho intramolecular Hbond substituents is 2. The zero-order valence-electron chi connectivity index (χ0n) is 27.5. The predicted octanol–water partition coefficient (Wildman–Crippen LogP) is -2.89. The second-order valence-electron chi connectivity index (χ2n) is 12.9. The summed E-state index contributed by atoms with van der Waals surface area (Å²) >= 11 is 0. The molecular weight excluding hydrogens is 700 g/mol. The Morgan fingerprint density at radius 3 is 1.79 bits per heavy atom. The van der Waals surface area contributed by atoms with E-state index < -0.39 is 121 Å². The highest BCUT2D eigenvalue weighted by Gasteiger charge is 2.48. The maximum Gasteiger partial charge on any atom is 0.239 e. The SMILES string of the molecule is C[C@@H]1O[C@@H](OC[C@H]2O[C@@H](Oc3c(-c4ccc(O)cc4)oc4cc(O[C@H]5O[C@@H](C)[C@H](O)[C@@H](O)[C@H]5O)cc(O)c4c3=O)[C@H](O)[C@@H](O)[C@H]2O)[C@H](O)[C@H](O)[C@H]1O. The van der Waals surface area contributed by atoms with E-state index in [1.807, 2.05) is 0 Å². The topological polar surface area (TPSA) is 308 Å². The first-order chi connectivity index (χ1) is 24.6. The van der Waals surface area contributed by atoms with Gasteiger partial charge in [-0.1, -0.05) is 0 Å². The summed E-state index contributed by atoms with van der Waals surface area (Å²) in [6.07, 6.45) is -23.5. The summed E-state index contributed by atoms with van der Waals surface area (Å²) in [7, 11) is 0. The Morgan fingerprint density at radius 2 is 1.17 bits per heavy atom. The van der Waals surface area contributed by atoms with Gasteiger partial charge in [-0.05, 0) is 38.1 Å². The first-order valence-corrected chi connectivity index (χ1v) is 16.2. The quantitative estimate of drug-likeness (QED) is 0.110. The van der Waals surface area contributed by atoms with E-state index in [2.05, 4.69) is 0 Å². The van der Waals surface area contributed by atoms with Crippen LogP contribution in [0.25, 0.3) is 22.3 Å². The molecule has 52 heavy (non-hydrogen) atoms. The van der Waals surface area contributed by atoms with Crippen molar-refractivity contribution in [2.24, 2.45) is 0 Å². The molecule has 2 aromatic carbocycles. The third kappa shape index (κ3) is 7.16. The van der Waals surface area contributed by atoms with Crippen LogP contribution in [-0.4, -0.2) is 155 Å². The molecule has 19 heteroatoms. The van der Waals surface area contributed by atoms with Gasteiger partial charge >= 0.3 is 0 Å². The molecule has 3 aliphatic rings. The monoisotopic (exact) mass is 740 g/mol. The molecule has 0 saturated carbocycles. The van der Waals surface area contributed by atoms with Gasteiger partial charge in [-0.25, -0.2) is 0 Å². The zero-order valence-corrected chi connectivity index (χ0v) is 27.5. The lowest BCUT2D eigenvalue weighted by Gasteiger charge is -2.42. The highest BCUT2D eigenvalue weighted by atomic mass is 16.7. The number of aliphatic hydroxyl groups is 9. The maximum atomic E-state index is 14.0. The second kappa shape index (κ2) is 15.0. The Kier molecular flexibility index (Phi) is 11.0. The van der Waals surface area contributed by atoms with Gasteiger partial charge in [0.05, 0.1) is 18.8 Å². The van der Waals surface area contributed by atoms with Crippen LogP contribution >= 0.6 is 0 Å². The van der Waals surface area contributed by atoms with Gasteiger partial charge < -0.3 is 89.0 Å².